The topological polar surface area (TPSA) is 24.5 Å². The van der Waals surface area contributed by atoms with Crippen molar-refractivity contribution in [2.24, 2.45) is 5.92 Å². The van der Waals surface area contributed by atoms with Crippen molar-refractivity contribution in [3.05, 3.63) is 0 Å². The molecule has 1 aliphatic carbocycles. The average Bonchev–Trinajstić information content (AvgIpc) is 2.38. The molecule has 17 heavy (non-hydrogen) atoms. The molecule has 0 aromatic carbocycles. The van der Waals surface area contributed by atoms with Crippen molar-refractivity contribution in [2.45, 2.75) is 50.6 Å². The Morgan fingerprint density at radius 3 is 2.76 bits per heavy atom. The summed E-state index contributed by atoms with van der Waals surface area (Å²) in [4.78, 5) is 2.74. The van der Waals surface area contributed by atoms with Gasteiger partial charge in [-0.3, -0.25) is 4.90 Å². The van der Waals surface area contributed by atoms with Crippen molar-refractivity contribution in [3.8, 4) is 0 Å². The molecule has 0 aromatic heterocycles. The number of piperidine rings is 1. The molecule has 1 saturated heterocycles. The predicted octanol–water partition coefficient (Wildman–Crippen LogP) is 1.88. The minimum atomic E-state index is 0.566. The molecule has 100 valence electrons. The quantitative estimate of drug-likeness (QED) is 0.794. The summed E-state index contributed by atoms with van der Waals surface area (Å²) in [6, 6.07) is 1.40. The lowest BCUT2D eigenvalue weighted by atomic mass is 9.78. The molecule has 1 N–H and O–H groups in total. The van der Waals surface area contributed by atoms with Crippen molar-refractivity contribution in [1.29, 1.82) is 0 Å². The van der Waals surface area contributed by atoms with Gasteiger partial charge in [-0.2, -0.15) is 0 Å². The molecule has 2 fully saturated rings. The Morgan fingerprint density at radius 2 is 2.00 bits per heavy atom. The molecule has 3 atom stereocenters. The summed E-state index contributed by atoms with van der Waals surface area (Å²) >= 11 is 0. The normalized spacial score (nSPS) is 32.1. The van der Waals surface area contributed by atoms with Crippen LogP contribution in [0.15, 0.2) is 0 Å². The molecule has 1 heterocycles. The molecule has 1 aliphatic heterocycles. The molecule has 2 rings (SSSR count). The molecule has 1 saturated carbocycles. The number of rotatable bonds is 5. The van der Waals surface area contributed by atoms with Crippen LogP contribution in [-0.2, 0) is 4.74 Å². The third kappa shape index (κ3) is 3.21. The zero-order chi connectivity index (χ0) is 12.1. The fourth-order valence-corrected chi connectivity index (χ4v) is 3.82. The molecule has 0 aromatic rings. The number of hydrogen-bond acceptors (Lipinski definition) is 3. The SMILES string of the molecule is CNCC(COC)N1CCC[C@H]2CCCC[C@H]21. The van der Waals surface area contributed by atoms with Gasteiger partial charge in [0.05, 0.1) is 6.61 Å². The summed E-state index contributed by atoms with van der Waals surface area (Å²) in [6.07, 6.45) is 8.59. The minimum absolute atomic E-state index is 0.566. The molecule has 0 radical (unpaired) electrons. The Balaban J connectivity index is 1.99. The molecule has 3 heteroatoms. The summed E-state index contributed by atoms with van der Waals surface area (Å²) < 4.78 is 5.41. The first-order valence-corrected chi connectivity index (χ1v) is 7.26. The van der Waals surface area contributed by atoms with Crippen LogP contribution >= 0.6 is 0 Å². The Hall–Kier alpha value is -0.120. The summed E-state index contributed by atoms with van der Waals surface area (Å²) in [5.74, 6) is 0.966. The average molecular weight is 240 g/mol. The lowest BCUT2D eigenvalue weighted by Gasteiger charge is -2.47. The minimum Gasteiger partial charge on any atom is -0.383 e. The van der Waals surface area contributed by atoms with E-state index in [2.05, 4.69) is 10.2 Å². The maximum atomic E-state index is 5.41. The van der Waals surface area contributed by atoms with Gasteiger partial charge in [-0.05, 0) is 45.2 Å². The maximum Gasteiger partial charge on any atom is 0.0630 e. The van der Waals surface area contributed by atoms with Crippen LogP contribution in [0.4, 0.5) is 0 Å². The fourth-order valence-electron chi connectivity index (χ4n) is 3.82. The zero-order valence-electron chi connectivity index (χ0n) is 11.5. The summed E-state index contributed by atoms with van der Waals surface area (Å²) in [6.45, 7) is 3.19. The molecule has 0 spiro atoms. The van der Waals surface area contributed by atoms with Crippen molar-refractivity contribution < 1.29 is 4.74 Å². The molecular weight excluding hydrogens is 212 g/mol. The van der Waals surface area contributed by atoms with Crippen molar-refractivity contribution in [1.82, 2.24) is 10.2 Å². The van der Waals surface area contributed by atoms with Crippen molar-refractivity contribution in [2.75, 3.05) is 33.9 Å². The second-order valence-electron chi connectivity index (χ2n) is 5.66. The fraction of sp³-hybridized carbons (Fsp3) is 1.00. The number of hydrogen-bond donors (Lipinski definition) is 1. The van der Waals surface area contributed by atoms with Gasteiger partial charge in [0.1, 0.15) is 0 Å². The highest BCUT2D eigenvalue weighted by Gasteiger charge is 2.36. The first-order chi connectivity index (χ1) is 8.36. The first-order valence-electron chi connectivity index (χ1n) is 7.26. The van der Waals surface area contributed by atoms with Crippen molar-refractivity contribution in [3.63, 3.8) is 0 Å². The second-order valence-corrected chi connectivity index (χ2v) is 5.66. The van der Waals surface area contributed by atoms with Crippen LogP contribution in [-0.4, -0.2) is 50.8 Å². The number of likely N-dealkylation sites (tertiary alicyclic amines) is 1. The van der Waals surface area contributed by atoms with Gasteiger partial charge in [0.25, 0.3) is 0 Å². The van der Waals surface area contributed by atoms with E-state index in [0.717, 1.165) is 25.1 Å². The van der Waals surface area contributed by atoms with E-state index in [1.165, 1.54) is 45.1 Å². The molecule has 2 aliphatic rings. The monoisotopic (exact) mass is 240 g/mol. The Labute approximate surface area is 106 Å². The van der Waals surface area contributed by atoms with Gasteiger partial charge in [0.15, 0.2) is 0 Å². The lowest BCUT2D eigenvalue weighted by Crippen LogP contribution is -2.55. The molecule has 0 bridgehead atoms. The standard InChI is InChI=1S/C14H28N2O/c1-15-10-13(11-17-2)16-9-5-7-12-6-3-4-8-14(12)16/h12-15H,3-11H2,1-2H3/t12-,13?,14-/m1/s1. The summed E-state index contributed by atoms with van der Waals surface area (Å²) in [7, 11) is 3.87. The van der Waals surface area contributed by atoms with E-state index in [-0.39, 0.29) is 0 Å². The number of fused-ring (bicyclic) bond motifs is 1. The highest BCUT2D eigenvalue weighted by Crippen LogP contribution is 2.36. The van der Waals surface area contributed by atoms with Crippen LogP contribution in [0.2, 0.25) is 0 Å². The number of nitrogens with zero attached hydrogens (tertiary/aromatic N) is 1. The van der Waals surface area contributed by atoms with E-state index < -0.39 is 0 Å². The highest BCUT2D eigenvalue weighted by molar-refractivity contribution is 4.91. The largest absolute Gasteiger partial charge is 0.383 e. The van der Waals surface area contributed by atoms with E-state index in [1.54, 1.807) is 0 Å². The van der Waals surface area contributed by atoms with Crippen LogP contribution in [0, 0.1) is 5.92 Å². The third-order valence-electron chi connectivity index (χ3n) is 4.55. The van der Waals surface area contributed by atoms with Crippen LogP contribution in [0.5, 0.6) is 0 Å². The van der Waals surface area contributed by atoms with E-state index in [0.29, 0.717) is 6.04 Å². The Morgan fingerprint density at radius 1 is 1.24 bits per heavy atom. The van der Waals surface area contributed by atoms with Gasteiger partial charge in [-0.15, -0.1) is 0 Å². The van der Waals surface area contributed by atoms with Gasteiger partial charge in [0.2, 0.25) is 0 Å². The number of nitrogens with one attached hydrogen (secondary N) is 1. The smallest absolute Gasteiger partial charge is 0.0630 e. The second kappa shape index (κ2) is 6.72. The van der Waals surface area contributed by atoms with Crippen LogP contribution in [0.1, 0.15) is 38.5 Å². The van der Waals surface area contributed by atoms with E-state index in [4.69, 9.17) is 4.74 Å². The zero-order valence-corrected chi connectivity index (χ0v) is 11.5. The molecule has 3 nitrogen and oxygen atoms in total. The van der Waals surface area contributed by atoms with Gasteiger partial charge >= 0.3 is 0 Å². The Bertz CT molecular complexity index is 214. The Kier molecular flexibility index (Phi) is 5.26. The lowest BCUT2D eigenvalue weighted by molar-refractivity contribution is -0.00241. The number of ether oxygens (including phenoxy) is 1. The van der Waals surface area contributed by atoms with E-state index in [9.17, 15) is 0 Å². The van der Waals surface area contributed by atoms with Crippen LogP contribution in [0.25, 0.3) is 0 Å². The number of likely N-dealkylation sites (N-methyl/N-ethyl adjacent to an activating group) is 1. The van der Waals surface area contributed by atoms with Gasteiger partial charge < -0.3 is 10.1 Å². The highest BCUT2D eigenvalue weighted by atomic mass is 16.5. The van der Waals surface area contributed by atoms with Gasteiger partial charge in [-0.25, -0.2) is 0 Å². The van der Waals surface area contributed by atoms with E-state index >= 15 is 0 Å². The van der Waals surface area contributed by atoms with Gasteiger partial charge in [0, 0.05) is 25.7 Å². The van der Waals surface area contributed by atoms with Gasteiger partial charge in [-0.1, -0.05) is 12.8 Å². The molecule has 0 amide bonds. The first kappa shape index (κ1) is 13.3. The summed E-state index contributed by atoms with van der Waals surface area (Å²) in [5.41, 5.74) is 0. The molecule has 1 unspecified atom stereocenters. The maximum absolute atomic E-state index is 5.41. The van der Waals surface area contributed by atoms with Crippen molar-refractivity contribution >= 4 is 0 Å². The van der Waals surface area contributed by atoms with E-state index in [1.807, 2.05) is 14.2 Å². The third-order valence-corrected chi connectivity index (χ3v) is 4.55. The summed E-state index contributed by atoms with van der Waals surface area (Å²) in [5, 5.41) is 3.32. The number of methoxy groups -OCH3 is 1. The molecular formula is C14H28N2O. The van der Waals surface area contributed by atoms with Crippen LogP contribution in [0.3, 0.4) is 0 Å². The predicted molar refractivity (Wildman–Crippen MR) is 71.3 cm³/mol. The van der Waals surface area contributed by atoms with Crippen LogP contribution < -0.4 is 5.32 Å².